The second-order valence-electron chi connectivity index (χ2n) is 1.37. The van der Waals surface area contributed by atoms with E-state index in [1.54, 1.807) is 11.4 Å². The van der Waals surface area contributed by atoms with E-state index < -0.39 is 0 Å². The Labute approximate surface area is 50.0 Å². The van der Waals surface area contributed by atoms with Crippen LogP contribution in [0.15, 0.2) is 24.3 Å². The summed E-state index contributed by atoms with van der Waals surface area (Å²) in [6.07, 6.45) is 8.47. The third-order valence-corrected chi connectivity index (χ3v) is 2.44. The summed E-state index contributed by atoms with van der Waals surface area (Å²) < 4.78 is 0. The summed E-state index contributed by atoms with van der Waals surface area (Å²) in [6, 6.07) is 0. The molecular formula is C5H7PS. The highest BCUT2D eigenvalue weighted by Gasteiger charge is 1.97. The summed E-state index contributed by atoms with van der Waals surface area (Å²) in [5.74, 6) is 0. The number of hydrogen-bond acceptors (Lipinski definition) is 1. The first-order valence-electron chi connectivity index (χ1n) is 2.14. The zero-order valence-corrected chi connectivity index (χ0v) is 5.84. The van der Waals surface area contributed by atoms with Crippen LogP contribution in [0.4, 0.5) is 0 Å². The number of allylic oxidation sites excluding steroid dienone is 2. The highest BCUT2D eigenvalue weighted by molar-refractivity contribution is 8.44. The molecule has 0 heterocycles. The van der Waals surface area contributed by atoms with Crippen LogP contribution >= 0.6 is 19.8 Å². The molecule has 0 saturated carbocycles. The SMILES string of the molecule is PSC1C=CC=C1. The third-order valence-electron chi connectivity index (χ3n) is 0.870. The second-order valence-corrected chi connectivity index (χ2v) is 3.00. The first kappa shape index (κ1) is 5.40. The average Bonchev–Trinajstić information content (AvgIpc) is 2.14. The Balaban J connectivity index is 2.44. The van der Waals surface area contributed by atoms with Gasteiger partial charge in [0.2, 0.25) is 0 Å². The van der Waals surface area contributed by atoms with Gasteiger partial charge in [-0.25, -0.2) is 0 Å². The van der Waals surface area contributed by atoms with E-state index in [0.29, 0.717) is 5.25 Å². The highest BCUT2D eigenvalue weighted by atomic mass is 32.7. The van der Waals surface area contributed by atoms with Gasteiger partial charge in [-0.1, -0.05) is 32.7 Å². The molecule has 0 aromatic rings. The molecule has 1 aliphatic rings. The van der Waals surface area contributed by atoms with E-state index in [9.17, 15) is 0 Å². The van der Waals surface area contributed by atoms with Crippen molar-refractivity contribution in [2.24, 2.45) is 0 Å². The van der Waals surface area contributed by atoms with Gasteiger partial charge in [0.05, 0.1) is 0 Å². The Morgan fingerprint density at radius 1 is 1.29 bits per heavy atom. The predicted octanol–water partition coefficient (Wildman–Crippen LogP) is 2.00. The molecule has 7 heavy (non-hydrogen) atoms. The molecule has 38 valence electrons. The molecule has 0 spiro atoms. The topological polar surface area (TPSA) is 0 Å². The molecule has 0 aliphatic heterocycles. The van der Waals surface area contributed by atoms with Gasteiger partial charge in [-0.3, -0.25) is 0 Å². The largest absolute Gasteiger partial charge is 0.129 e. The van der Waals surface area contributed by atoms with E-state index in [2.05, 4.69) is 32.7 Å². The molecule has 1 unspecified atom stereocenters. The molecule has 0 nitrogen and oxygen atoms in total. The summed E-state index contributed by atoms with van der Waals surface area (Å²) >= 11 is 1.78. The van der Waals surface area contributed by atoms with Crippen LogP contribution in [0.1, 0.15) is 0 Å². The monoisotopic (exact) mass is 130 g/mol. The molecule has 1 aliphatic carbocycles. The van der Waals surface area contributed by atoms with E-state index in [1.807, 2.05) is 0 Å². The Bertz CT molecular complexity index is 94.6. The van der Waals surface area contributed by atoms with E-state index in [-0.39, 0.29) is 0 Å². The smallest absolute Gasteiger partial charge is 0.0450 e. The van der Waals surface area contributed by atoms with E-state index >= 15 is 0 Å². The lowest BCUT2D eigenvalue weighted by Crippen LogP contribution is -1.80. The van der Waals surface area contributed by atoms with Crippen LogP contribution < -0.4 is 0 Å². The maximum Gasteiger partial charge on any atom is 0.0450 e. The van der Waals surface area contributed by atoms with Crippen molar-refractivity contribution in [2.75, 3.05) is 0 Å². The molecule has 0 radical (unpaired) electrons. The van der Waals surface area contributed by atoms with Crippen LogP contribution in [0, 0.1) is 0 Å². The Morgan fingerprint density at radius 3 is 2.14 bits per heavy atom. The lowest BCUT2D eigenvalue weighted by atomic mass is 10.5. The lowest BCUT2D eigenvalue weighted by Gasteiger charge is -1.93. The van der Waals surface area contributed by atoms with Crippen molar-refractivity contribution in [1.82, 2.24) is 0 Å². The minimum atomic E-state index is 0.616. The van der Waals surface area contributed by atoms with Crippen LogP contribution in [-0.4, -0.2) is 5.25 Å². The summed E-state index contributed by atoms with van der Waals surface area (Å²) in [6.45, 7) is 0. The summed E-state index contributed by atoms with van der Waals surface area (Å²) in [4.78, 5) is 0. The fourth-order valence-corrected chi connectivity index (χ4v) is 1.41. The molecule has 0 fully saturated rings. The predicted molar refractivity (Wildman–Crippen MR) is 39.4 cm³/mol. The molecule has 0 amide bonds. The Morgan fingerprint density at radius 2 is 1.86 bits per heavy atom. The molecular weight excluding hydrogens is 123 g/mol. The molecule has 0 N–H and O–H groups in total. The fraction of sp³-hybridized carbons (Fsp3) is 0.200. The Kier molecular flexibility index (Phi) is 1.96. The zero-order valence-electron chi connectivity index (χ0n) is 3.87. The maximum absolute atomic E-state index is 2.64. The van der Waals surface area contributed by atoms with Crippen molar-refractivity contribution >= 4 is 19.8 Å². The van der Waals surface area contributed by atoms with Gasteiger partial charge in [-0.05, 0) is 0 Å². The first-order chi connectivity index (χ1) is 3.43. The Hall–Kier alpha value is 0.260. The maximum atomic E-state index is 2.64. The van der Waals surface area contributed by atoms with Gasteiger partial charge in [0.25, 0.3) is 0 Å². The molecule has 0 bridgehead atoms. The normalized spacial score (nSPS) is 19.0. The minimum absolute atomic E-state index is 0.616. The third kappa shape index (κ3) is 1.32. The first-order valence-corrected chi connectivity index (χ1v) is 4.50. The highest BCUT2D eigenvalue weighted by Crippen LogP contribution is 2.23. The summed E-state index contributed by atoms with van der Waals surface area (Å²) in [5.41, 5.74) is 0. The average molecular weight is 130 g/mol. The van der Waals surface area contributed by atoms with E-state index in [1.165, 1.54) is 0 Å². The van der Waals surface area contributed by atoms with Gasteiger partial charge in [0, 0.05) is 5.25 Å². The van der Waals surface area contributed by atoms with Crippen LogP contribution in [0.3, 0.4) is 0 Å². The summed E-state index contributed by atoms with van der Waals surface area (Å²) in [7, 11) is 2.64. The van der Waals surface area contributed by atoms with Crippen LogP contribution in [-0.2, 0) is 0 Å². The second kappa shape index (κ2) is 2.54. The van der Waals surface area contributed by atoms with Gasteiger partial charge in [-0.2, -0.15) is 0 Å². The summed E-state index contributed by atoms with van der Waals surface area (Å²) in [5, 5.41) is 0.616. The van der Waals surface area contributed by atoms with Crippen molar-refractivity contribution < 1.29 is 0 Å². The fourth-order valence-electron chi connectivity index (χ4n) is 0.502. The number of rotatable bonds is 1. The van der Waals surface area contributed by atoms with Crippen molar-refractivity contribution in [1.29, 1.82) is 0 Å². The minimum Gasteiger partial charge on any atom is -0.129 e. The van der Waals surface area contributed by atoms with Crippen LogP contribution in [0.5, 0.6) is 0 Å². The van der Waals surface area contributed by atoms with Gasteiger partial charge in [-0.15, -0.1) is 11.4 Å². The molecule has 1 atom stereocenters. The van der Waals surface area contributed by atoms with Crippen LogP contribution in [0.2, 0.25) is 0 Å². The van der Waals surface area contributed by atoms with Crippen molar-refractivity contribution in [3.05, 3.63) is 24.3 Å². The van der Waals surface area contributed by atoms with E-state index in [0.717, 1.165) is 0 Å². The van der Waals surface area contributed by atoms with Crippen molar-refractivity contribution in [3.63, 3.8) is 0 Å². The van der Waals surface area contributed by atoms with Gasteiger partial charge in [0.15, 0.2) is 0 Å². The van der Waals surface area contributed by atoms with Gasteiger partial charge >= 0.3 is 0 Å². The molecule has 2 heteroatoms. The molecule has 0 aromatic heterocycles. The van der Waals surface area contributed by atoms with E-state index in [4.69, 9.17) is 0 Å². The molecule has 1 rings (SSSR count). The van der Waals surface area contributed by atoms with Crippen LogP contribution in [0.25, 0.3) is 0 Å². The molecule has 0 saturated heterocycles. The van der Waals surface area contributed by atoms with Crippen molar-refractivity contribution in [3.8, 4) is 0 Å². The quantitative estimate of drug-likeness (QED) is 0.489. The van der Waals surface area contributed by atoms with Gasteiger partial charge < -0.3 is 0 Å². The van der Waals surface area contributed by atoms with Gasteiger partial charge in [0.1, 0.15) is 0 Å². The zero-order chi connectivity index (χ0) is 5.11. The standard InChI is InChI=1S/C5H7PS/c6-7-5-3-1-2-4-5/h1-5H,6H2. The number of hydrogen-bond donors (Lipinski definition) is 0. The molecule has 0 aromatic carbocycles. The van der Waals surface area contributed by atoms with Crippen molar-refractivity contribution in [2.45, 2.75) is 5.25 Å². The lowest BCUT2D eigenvalue weighted by molar-refractivity contribution is 1.49.